The summed E-state index contributed by atoms with van der Waals surface area (Å²) >= 11 is 0. The Morgan fingerprint density at radius 1 is 1.13 bits per heavy atom. The number of piperazine rings is 1. The maximum absolute atomic E-state index is 12.9. The van der Waals surface area contributed by atoms with Gasteiger partial charge in [0.05, 0.1) is 11.5 Å². The van der Waals surface area contributed by atoms with Crippen molar-refractivity contribution in [2.24, 2.45) is 5.92 Å². The smallest absolute Gasteiger partial charge is 0.369 e. The number of carbonyl (C=O) groups is 2. The van der Waals surface area contributed by atoms with Crippen LogP contribution in [-0.2, 0) is 15.8 Å². The second-order valence-electron chi connectivity index (χ2n) is 8.70. The molecule has 2 saturated heterocycles. The lowest BCUT2D eigenvalue weighted by Gasteiger charge is -2.36. The minimum absolute atomic E-state index is 0.0362. The predicted molar refractivity (Wildman–Crippen MR) is 111 cm³/mol. The van der Waals surface area contributed by atoms with Crippen LogP contribution >= 0.6 is 0 Å². The number of anilines is 1. The first kappa shape index (κ1) is 21.9. The fourth-order valence-corrected chi connectivity index (χ4v) is 4.41. The molecule has 2 aliphatic heterocycles. The minimum Gasteiger partial charge on any atom is -0.369 e. The summed E-state index contributed by atoms with van der Waals surface area (Å²) in [6, 6.07) is 5.84. The van der Waals surface area contributed by atoms with Crippen LogP contribution in [0.1, 0.15) is 31.2 Å². The van der Waals surface area contributed by atoms with E-state index >= 15 is 0 Å². The van der Waals surface area contributed by atoms with Crippen LogP contribution < -0.4 is 10.2 Å². The predicted octanol–water partition coefficient (Wildman–Crippen LogP) is 2.34. The average Bonchev–Trinajstić information content (AvgIpc) is 3.52. The molecule has 0 bridgehead atoms. The van der Waals surface area contributed by atoms with Gasteiger partial charge in [0, 0.05) is 57.4 Å². The van der Waals surface area contributed by atoms with Crippen molar-refractivity contribution < 1.29 is 22.8 Å². The molecule has 31 heavy (non-hydrogen) atoms. The van der Waals surface area contributed by atoms with Crippen LogP contribution in [0.5, 0.6) is 0 Å². The van der Waals surface area contributed by atoms with E-state index in [2.05, 4.69) is 10.2 Å². The Morgan fingerprint density at radius 2 is 1.87 bits per heavy atom. The van der Waals surface area contributed by atoms with E-state index in [-0.39, 0.29) is 17.7 Å². The number of hydrogen-bond donors (Lipinski definition) is 1. The summed E-state index contributed by atoms with van der Waals surface area (Å²) in [4.78, 5) is 30.4. The molecule has 1 N–H and O–H groups in total. The monoisotopic (exact) mass is 438 g/mol. The topological polar surface area (TPSA) is 55.9 Å². The summed E-state index contributed by atoms with van der Waals surface area (Å²) in [5.41, 5.74) is -0.0134. The van der Waals surface area contributed by atoms with Crippen molar-refractivity contribution in [2.75, 3.05) is 50.7 Å². The van der Waals surface area contributed by atoms with E-state index in [9.17, 15) is 22.8 Å². The lowest BCUT2D eigenvalue weighted by atomic mass is 10.1. The van der Waals surface area contributed by atoms with Gasteiger partial charge < -0.3 is 15.1 Å². The molecule has 6 nitrogen and oxygen atoms in total. The minimum atomic E-state index is -4.33. The number of nitrogens with one attached hydrogen (secondary N) is 1. The second kappa shape index (κ2) is 9.06. The first-order valence-electron chi connectivity index (χ1n) is 11.0. The molecule has 170 valence electrons. The van der Waals surface area contributed by atoms with Crippen molar-refractivity contribution in [3.63, 3.8) is 0 Å². The molecule has 3 aliphatic rings. The quantitative estimate of drug-likeness (QED) is 0.664. The molecule has 2 heterocycles. The Balaban J connectivity index is 1.14. The van der Waals surface area contributed by atoms with Crippen molar-refractivity contribution in [3.05, 3.63) is 29.8 Å². The molecule has 2 amide bonds. The summed E-state index contributed by atoms with van der Waals surface area (Å²) < 4.78 is 38.8. The van der Waals surface area contributed by atoms with Gasteiger partial charge in [0.15, 0.2) is 0 Å². The maximum atomic E-state index is 12.9. The zero-order valence-corrected chi connectivity index (χ0v) is 17.5. The number of alkyl halides is 3. The number of likely N-dealkylation sites (tertiary alicyclic amines) is 1. The van der Waals surface area contributed by atoms with Crippen LogP contribution in [0.25, 0.3) is 0 Å². The van der Waals surface area contributed by atoms with Crippen molar-refractivity contribution in [1.82, 2.24) is 15.1 Å². The van der Waals surface area contributed by atoms with E-state index in [4.69, 9.17) is 0 Å². The molecule has 1 aliphatic carbocycles. The van der Waals surface area contributed by atoms with E-state index in [1.165, 1.54) is 12.1 Å². The Labute approximate surface area is 180 Å². The third kappa shape index (κ3) is 5.50. The highest BCUT2D eigenvalue weighted by atomic mass is 19.4. The summed E-state index contributed by atoms with van der Waals surface area (Å²) in [6.45, 7) is 4.85. The van der Waals surface area contributed by atoms with E-state index in [0.717, 1.165) is 45.0 Å². The number of rotatable bonds is 7. The van der Waals surface area contributed by atoms with Crippen LogP contribution in [0.2, 0.25) is 0 Å². The van der Waals surface area contributed by atoms with E-state index < -0.39 is 11.7 Å². The Bertz CT molecular complexity index is 804. The lowest BCUT2D eigenvalue weighted by molar-refractivity contribution is -0.137. The number of amides is 2. The van der Waals surface area contributed by atoms with Crippen LogP contribution in [0.3, 0.4) is 0 Å². The van der Waals surface area contributed by atoms with Gasteiger partial charge in [-0.1, -0.05) is 6.07 Å². The number of hydrogen-bond acceptors (Lipinski definition) is 4. The van der Waals surface area contributed by atoms with Gasteiger partial charge in [0.2, 0.25) is 11.8 Å². The molecule has 0 aromatic heterocycles. The molecule has 3 fully saturated rings. The van der Waals surface area contributed by atoms with Gasteiger partial charge in [0.1, 0.15) is 0 Å². The number of nitrogens with zero attached hydrogens (tertiary/aromatic N) is 3. The Morgan fingerprint density at radius 3 is 2.55 bits per heavy atom. The van der Waals surface area contributed by atoms with Crippen LogP contribution in [0, 0.1) is 5.92 Å². The fraction of sp³-hybridized carbons (Fsp3) is 0.636. The van der Waals surface area contributed by atoms with Gasteiger partial charge in [-0.05, 0) is 44.0 Å². The van der Waals surface area contributed by atoms with Crippen molar-refractivity contribution in [2.45, 2.75) is 37.9 Å². The van der Waals surface area contributed by atoms with E-state index in [1.54, 1.807) is 6.07 Å². The fourth-order valence-electron chi connectivity index (χ4n) is 4.41. The van der Waals surface area contributed by atoms with E-state index in [0.29, 0.717) is 44.3 Å². The van der Waals surface area contributed by atoms with Gasteiger partial charge >= 0.3 is 6.18 Å². The second-order valence-corrected chi connectivity index (χ2v) is 8.70. The average molecular weight is 438 g/mol. The highest BCUT2D eigenvalue weighted by Gasteiger charge is 2.41. The molecular weight excluding hydrogens is 409 g/mol. The SMILES string of the molecule is O=C(NCCCN1CCN(c2cccc(C(F)(F)F)c2)CC1)[C@H]1CC(=O)N(C2CC2)C1. The molecule has 4 rings (SSSR count). The van der Waals surface area contributed by atoms with Gasteiger partial charge in [-0.2, -0.15) is 13.2 Å². The van der Waals surface area contributed by atoms with Crippen LogP contribution in [0.4, 0.5) is 18.9 Å². The maximum Gasteiger partial charge on any atom is 0.416 e. The molecular formula is C22H29F3N4O2. The molecule has 1 aromatic rings. The summed E-state index contributed by atoms with van der Waals surface area (Å²) in [5.74, 6) is -0.170. The molecule has 1 saturated carbocycles. The van der Waals surface area contributed by atoms with Crippen LogP contribution in [-0.4, -0.2) is 73.5 Å². The molecule has 0 spiro atoms. The molecule has 9 heteroatoms. The normalized spacial score (nSPS) is 22.8. The zero-order valence-electron chi connectivity index (χ0n) is 17.5. The summed E-state index contributed by atoms with van der Waals surface area (Å²) in [7, 11) is 0. The molecule has 0 radical (unpaired) electrons. The Kier molecular flexibility index (Phi) is 6.41. The Hall–Kier alpha value is -2.29. The molecule has 0 unspecified atom stereocenters. The molecule has 1 atom stereocenters. The number of benzene rings is 1. The highest BCUT2D eigenvalue weighted by molar-refractivity contribution is 5.89. The lowest BCUT2D eigenvalue weighted by Crippen LogP contribution is -2.47. The summed E-state index contributed by atoms with van der Waals surface area (Å²) in [5, 5.41) is 2.96. The third-order valence-electron chi connectivity index (χ3n) is 6.38. The van der Waals surface area contributed by atoms with Crippen molar-refractivity contribution in [1.29, 1.82) is 0 Å². The molecule has 1 aromatic carbocycles. The first-order valence-corrected chi connectivity index (χ1v) is 11.0. The standard InChI is InChI=1S/C22H29F3N4O2/c23-22(24,25)17-3-1-4-19(14-17)28-11-9-27(10-12-28)8-2-7-26-21(31)16-13-20(30)29(15-16)18-5-6-18/h1,3-4,14,16,18H,2,5-13,15H2,(H,26,31)/t16-/m0/s1. The highest BCUT2D eigenvalue weighted by Crippen LogP contribution is 2.33. The van der Waals surface area contributed by atoms with Gasteiger partial charge in [-0.25, -0.2) is 0 Å². The number of halogens is 3. The van der Waals surface area contributed by atoms with Gasteiger partial charge in [0.25, 0.3) is 0 Å². The van der Waals surface area contributed by atoms with Crippen molar-refractivity contribution in [3.8, 4) is 0 Å². The van der Waals surface area contributed by atoms with Crippen molar-refractivity contribution >= 4 is 17.5 Å². The number of carbonyl (C=O) groups excluding carboxylic acids is 2. The zero-order chi connectivity index (χ0) is 22.0. The first-order chi connectivity index (χ1) is 14.8. The van der Waals surface area contributed by atoms with Crippen LogP contribution in [0.15, 0.2) is 24.3 Å². The van der Waals surface area contributed by atoms with Gasteiger partial charge in [-0.15, -0.1) is 0 Å². The summed E-state index contributed by atoms with van der Waals surface area (Å²) in [6.07, 6.45) is -1.09. The van der Waals surface area contributed by atoms with Gasteiger partial charge in [-0.3, -0.25) is 14.5 Å². The largest absolute Gasteiger partial charge is 0.416 e. The van der Waals surface area contributed by atoms with E-state index in [1.807, 2.05) is 9.80 Å². The third-order valence-corrected chi connectivity index (χ3v) is 6.38.